The Balaban J connectivity index is 2.25. The van der Waals surface area contributed by atoms with Gasteiger partial charge in [-0.1, -0.05) is 12.3 Å². The average Bonchev–Trinajstić information content (AvgIpc) is 2.27. The fourth-order valence-corrected chi connectivity index (χ4v) is 2.00. The van der Waals surface area contributed by atoms with Crippen molar-refractivity contribution in [3.63, 3.8) is 0 Å². The topological polar surface area (TPSA) is 43.8 Å². The zero-order valence-corrected chi connectivity index (χ0v) is 9.69. The first-order chi connectivity index (χ1) is 7.72. The van der Waals surface area contributed by atoms with Gasteiger partial charge in [0.25, 0.3) is 0 Å². The highest BCUT2D eigenvalue weighted by Crippen LogP contribution is 2.07. The molecule has 4 heteroatoms. The molecule has 0 atom stereocenters. The zero-order valence-electron chi connectivity index (χ0n) is 9.69. The Morgan fingerprint density at radius 2 is 2.06 bits per heavy atom. The minimum absolute atomic E-state index is 0.0397. The van der Waals surface area contributed by atoms with Crippen molar-refractivity contribution < 1.29 is 9.90 Å². The molecule has 0 unspecified atom stereocenters. The standard InChI is InChI=1S/C12H20N2O2/c1-2-6-14(11-12(15)16)10-9-13-7-4-3-5-8-13/h1H,3-11H2,(H,15,16). The molecule has 16 heavy (non-hydrogen) atoms. The Labute approximate surface area is 97.2 Å². The van der Waals surface area contributed by atoms with Crippen LogP contribution in [0.4, 0.5) is 0 Å². The molecule has 0 aromatic rings. The molecule has 0 amide bonds. The van der Waals surface area contributed by atoms with E-state index in [-0.39, 0.29) is 6.54 Å². The number of hydrogen-bond donors (Lipinski definition) is 1. The zero-order chi connectivity index (χ0) is 11.8. The van der Waals surface area contributed by atoms with E-state index in [9.17, 15) is 4.79 Å². The molecule has 0 aromatic heterocycles. The van der Waals surface area contributed by atoms with Crippen molar-refractivity contribution in [1.82, 2.24) is 9.80 Å². The summed E-state index contributed by atoms with van der Waals surface area (Å²) in [5.41, 5.74) is 0. The predicted molar refractivity (Wildman–Crippen MR) is 63.2 cm³/mol. The Morgan fingerprint density at radius 3 is 2.62 bits per heavy atom. The molecule has 0 radical (unpaired) electrons. The number of carboxylic acids is 1. The maximum absolute atomic E-state index is 10.6. The van der Waals surface area contributed by atoms with Gasteiger partial charge in [0.15, 0.2) is 0 Å². The number of terminal acetylenes is 1. The van der Waals surface area contributed by atoms with E-state index in [1.54, 1.807) is 4.90 Å². The number of likely N-dealkylation sites (tertiary alicyclic amines) is 1. The van der Waals surface area contributed by atoms with Crippen molar-refractivity contribution in [1.29, 1.82) is 0 Å². The van der Waals surface area contributed by atoms with Gasteiger partial charge in [0, 0.05) is 13.1 Å². The van der Waals surface area contributed by atoms with E-state index in [1.807, 2.05) is 0 Å². The van der Waals surface area contributed by atoms with E-state index in [1.165, 1.54) is 19.3 Å². The van der Waals surface area contributed by atoms with E-state index in [0.29, 0.717) is 6.54 Å². The molecule has 1 fully saturated rings. The summed E-state index contributed by atoms with van der Waals surface area (Å²) in [5.74, 6) is 1.69. The van der Waals surface area contributed by atoms with Crippen LogP contribution in [0, 0.1) is 12.3 Å². The second kappa shape index (κ2) is 7.26. The summed E-state index contributed by atoms with van der Waals surface area (Å²) >= 11 is 0. The number of nitrogens with zero attached hydrogens (tertiary/aromatic N) is 2. The van der Waals surface area contributed by atoms with Crippen molar-refractivity contribution in [2.75, 3.05) is 39.3 Å². The number of rotatable bonds is 6. The van der Waals surface area contributed by atoms with Gasteiger partial charge in [0.05, 0.1) is 13.1 Å². The van der Waals surface area contributed by atoms with Gasteiger partial charge in [-0.3, -0.25) is 9.69 Å². The first kappa shape index (κ1) is 13.0. The molecule has 1 N–H and O–H groups in total. The summed E-state index contributed by atoms with van der Waals surface area (Å²) in [6.45, 7) is 4.40. The summed E-state index contributed by atoms with van der Waals surface area (Å²) in [6, 6.07) is 0. The lowest BCUT2D eigenvalue weighted by Crippen LogP contribution is -2.39. The quantitative estimate of drug-likeness (QED) is 0.667. The summed E-state index contributed by atoms with van der Waals surface area (Å²) in [7, 11) is 0. The second-order valence-corrected chi connectivity index (χ2v) is 4.21. The molecule has 0 saturated carbocycles. The number of hydrogen-bond acceptors (Lipinski definition) is 3. The third-order valence-corrected chi connectivity index (χ3v) is 2.85. The van der Waals surface area contributed by atoms with Gasteiger partial charge >= 0.3 is 5.97 Å². The van der Waals surface area contributed by atoms with Crippen molar-refractivity contribution in [3.8, 4) is 12.3 Å². The van der Waals surface area contributed by atoms with E-state index in [2.05, 4.69) is 10.8 Å². The molecule has 1 aliphatic rings. The molecule has 1 rings (SSSR count). The SMILES string of the molecule is C#CCN(CCN1CCCCC1)CC(=O)O. The molecule has 1 heterocycles. The lowest BCUT2D eigenvalue weighted by molar-refractivity contribution is -0.138. The molecule has 0 aromatic carbocycles. The number of carbonyl (C=O) groups is 1. The Kier molecular flexibility index (Phi) is 5.91. The number of piperidine rings is 1. The van der Waals surface area contributed by atoms with Gasteiger partial charge in [0.1, 0.15) is 0 Å². The number of carboxylic acid groups (broad SMARTS) is 1. The van der Waals surface area contributed by atoms with Crippen LogP contribution in [-0.4, -0.2) is 60.1 Å². The smallest absolute Gasteiger partial charge is 0.317 e. The summed E-state index contributed by atoms with van der Waals surface area (Å²) in [6.07, 6.45) is 9.05. The third kappa shape index (κ3) is 5.15. The molecule has 1 aliphatic heterocycles. The van der Waals surface area contributed by atoms with Crippen LogP contribution < -0.4 is 0 Å². The maximum Gasteiger partial charge on any atom is 0.317 e. The monoisotopic (exact) mass is 224 g/mol. The van der Waals surface area contributed by atoms with Crippen molar-refractivity contribution in [3.05, 3.63) is 0 Å². The minimum atomic E-state index is -0.811. The highest BCUT2D eigenvalue weighted by molar-refractivity contribution is 5.69. The van der Waals surface area contributed by atoms with Gasteiger partial charge in [-0.15, -0.1) is 6.42 Å². The summed E-state index contributed by atoms with van der Waals surface area (Å²) < 4.78 is 0. The fourth-order valence-electron chi connectivity index (χ4n) is 2.00. The molecule has 90 valence electrons. The lowest BCUT2D eigenvalue weighted by Gasteiger charge is -2.28. The van der Waals surface area contributed by atoms with Crippen LogP contribution in [0.2, 0.25) is 0 Å². The van der Waals surface area contributed by atoms with Gasteiger partial charge < -0.3 is 10.0 Å². The van der Waals surface area contributed by atoms with E-state index in [0.717, 1.165) is 26.2 Å². The largest absolute Gasteiger partial charge is 0.480 e. The molecular weight excluding hydrogens is 204 g/mol. The predicted octanol–water partition coefficient (Wildman–Crippen LogP) is 0.492. The van der Waals surface area contributed by atoms with Crippen LogP contribution in [0.5, 0.6) is 0 Å². The normalized spacial score (nSPS) is 17.2. The van der Waals surface area contributed by atoms with E-state index in [4.69, 9.17) is 11.5 Å². The van der Waals surface area contributed by atoms with Crippen LogP contribution in [0.25, 0.3) is 0 Å². The van der Waals surface area contributed by atoms with Crippen molar-refractivity contribution in [2.45, 2.75) is 19.3 Å². The van der Waals surface area contributed by atoms with Gasteiger partial charge in [-0.25, -0.2) is 0 Å². The van der Waals surface area contributed by atoms with Crippen molar-refractivity contribution >= 4 is 5.97 Å². The van der Waals surface area contributed by atoms with Crippen LogP contribution in [0.3, 0.4) is 0 Å². The Morgan fingerprint density at radius 1 is 1.38 bits per heavy atom. The first-order valence-corrected chi connectivity index (χ1v) is 5.82. The maximum atomic E-state index is 10.6. The fraction of sp³-hybridized carbons (Fsp3) is 0.750. The van der Waals surface area contributed by atoms with Crippen molar-refractivity contribution in [2.24, 2.45) is 0 Å². The van der Waals surface area contributed by atoms with Gasteiger partial charge in [-0.2, -0.15) is 0 Å². The van der Waals surface area contributed by atoms with E-state index < -0.39 is 5.97 Å². The van der Waals surface area contributed by atoms with Crippen LogP contribution in [0.15, 0.2) is 0 Å². The second-order valence-electron chi connectivity index (χ2n) is 4.21. The summed E-state index contributed by atoms with van der Waals surface area (Å²) in [5, 5.41) is 8.72. The van der Waals surface area contributed by atoms with Crippen LogP contribution in [-0.2, 0) is 4.79 Å². The highest BCUT2D eigenvalue weighted by atomic mass is 16.4. The van der Waals surface area contributed by atoms with Gasteiger partial charge in [0.2, 0.25) is 0 Å². The lowest BCUT2D eigenvalue weighted by atomic mass is 10.1. The number of aliphatic carboxylic acids is 1. The average molecular weight is 224 g/mol. The molecule has 1 saturated heterocycles. The van der Waals surface area contributed by atoms with E-state index >= 15 is 0 Å². The molecule has 0 spiro atoms. The first-order valence-electron chi connectivity index (χ1n) is 5.82. The molecule has 4 nitrogen and oxygen atoms in total. The Hall–Kier alpha value is -1.05. The molecule has 0 aliphatic carbocycles. The van der Waals surface area contributed by atoms with Gasteiger partial charge in [-0.05, 0) is 25.9 Å². The highest BCUT2D eigenvalue weighted by Gasteiger charge is 2.13. The third-order valence-electron chi connectivity index (χ3n) is 2.85. The van der Waals surface area contributed by atoms with Crippen LogP contribution in [0.1, 0.15) is 19.3 Å². The minimum Gasteiger partial charge on any atom is -0.480 e. The Bertz CT molecular complexity index is 254. The molecular formula is C12H20N2O2. The van der Waals surface area contributed by atoms with Crippen LogP contribution >= 0.6 is 0 Å². The molecule has 0 bridgehead atoms. The summed E-state index contributed by atoms with van der Waals surface area (Å²) in [4.78, 5) is 14.8.